The van der Waals surface area contributed by atoms with Crippen molar-refractivity contribution >= 4 is 33.0 Å². The fourth-order valence-corrected chi connectivity index (χ4v) is 3.39. The van der Waals surface area contributed by atoms with Crippen LogP contribution in [0.3, 0.4) is 0 Å². The molecule has 7 nitrogen and oxygen atoms in total. The summed E-state index contributed by atoms with van der Waals surface area (Å²) in [7, 11) is -1.17. The second-order valence-corrected chi connectivity index (χ2v) is 6.92. The number of nitrogens with zero attached hydrogens (tertiary/aromatic N) is 2. The Bertz CT molecular complexity index is 854. The van der Waals surface area contributed by atoms with Crippen LogP contribution < -0.4 is 9.04 Å². The van der Waals surface area contributed by atoms with Crippen molar-refractivity contribution in [2.24, 2.45) is 0 Å². The molecule has 2 aromatic carbocycles. The molecule has 0 aliphatic rings. The molecule has 0 amide bonds. The van der Waals surface area contributed by atoms with Crippen LogP contribution in [0.2, 0.25) is 5.02 Å². The third-order valence-electron chi connectivity index (χ3n) is 3.19. The molecule has 0 spiro atoms. The molecule has 0 saturated heterocycles. The molecule has 0 bridgehead atoms. The van der Waals surface area contributed by atoms with E-state index in [0.29, 0.717) is 11.4 Å². The average molecular weight is 357 g/mol. The molecule has 0 aliphatic heterocycles. The third kappa shape index (κ3) is 3.38. The number of hydrogen-bond donors (Lipinski definition) is 0. The number of anilines is 1. The Morgan fingerprint density at radius 2 is 1.91 bits per heavy atom. The van der Waals surface area contributed by atoms with Gasteiger partial charge in [-0.15, -0.1) is 0 Å². The summed E-state index contributed by atoms with van der Waals surface area (Å²) >= 11 is 6.00. The highest BCUT2D eigenvalue weighted by Gasteiger charge is 2.24. The summed E-state index contributed by atoms with van der Waals surface area (Å²) in [6, 6.07) is 9.36. The molecule has 0 radical (unpaired) electrons. The van der Waals surface area contributed by atoms with Crippen LogP contribution in [0.1, 0.15) is 0 Å². The third-order valence-corrected chi connectivity index (χ3v) is 5.26. The fourth-order valence-electron chi connectivity index (χ4n) is 1.91. The zero-order chi connectivity index (χ0) is 17.2. The number of hydrogen-bond acceptors (Lipinski definition) is 5. The second-order valence-electron chi connectivity index (χ2n) is 4.55. The zero-order valence-electron chi connectivity index (χ0n) is 12.3. The van der Waals surface area contributed by atoms with E-state index in [1.165, 1.54) is 50.6 Å². The quantitative estimate of drug-likeness (QED) is 0.606. The Kier molecular flexibility index (Phi) is 4.76. The van der Waals surface area contributed by atoms with Crippen LogP contribution in [-0.4, -0.2) is 27.5 Å². The highest BCUT2D eigenvalue weighted by molar-refractivity contribution is 7.92. The minimum atomic E-state index is -3.95. The molecule has 2 aromatic rings. The van der Waals surface area contributed by atoms with Crippen LogP contribution >= 0.6 is 11.6 Å². The Hall–Kier alpha value is -2.32. The number of non-ortho nitro benzene ring substituents is 1. The molecule has 0 saturated carbocycles. The van der Waals surface area contributed by atoms with Crippen LogP contribution in [0, 0.1) is 10.1 Å². The largest absolute Gasteiger partial charge is 0.495 e. The number of rotatable bonds is 5. The summed E-state index contributed by atoms with van der Waals surface area (Å²) in [5, 5.41) is 11.1. The lowest BCUT2D eigenvalue weighted by atomic mass is 10.3. The van der Waals surface area contributed by atoms with Crippen molar-refractivity contribution in [2.75, 3.05) is 18.5 Å². The van der Waals surface area contributed by atoms with Crippen LogP contribution in [0.15, 0.2) is 47.4 Å². The number of methoxy groups -OCH3 is 1. The first-order valence-corrected chi connectivity index (χ1v) is 8.16. The monoisotopic (exact) mass is 356 g/mol. The number of sulfonamides is 1. The number of ether oxygens (including phenoxy) is 1. The van der Waals surface area contributed by atoms with Crippen LogP contribution in [0.25, 0.3) is 0 Å². The number of nitro groups is 1. The summed E-state index contributed by atoms with van der Waals surface area (Å²) in [4.78, 5) is 9.97. The fraction of sp³-hybridized carbons (Fsp3) is 0.143. The summed E-state index contributed by atoms with van der Waals surface area (Å²) < 4.78 is 31.2. The molecule has 0 fully saturated rings. The zero-order valence-corrected chi connectivity index (χ0v) is 13.8. The van der Waals surface area contributed by atoms with E-state index in [-0.39, 0.29) is 15.6 Å². The van der Waals surface area contributed by atoms with Gasteiger partial charge in [-0.05, 0) is 24.3 Å². The van der Waals surface area contributed by atoms with E-state index in [9.17, 15) is 18.5 Å². The molecular formula is C14H13ClN2O5S. The average Bonchev–Trinajstić information content (AvgIpc) is 2.54. The smallest absolute Gasteiger partial charge is 0.270 e. The molecule has 23 heavy (non-hydrogen) atoms. The standard InChI is InChI=1S/C14H13ClN2O5S/c1-16(10-6-7-14(22-2)13(15)9-10)23(20,21)12-5-3-4-11(8-12)17(18)19/h3-9H,1-2H3. The van der Waals surface area contributed by atoms with Gasteiger partial charge in [0.2, 0.25) is 0 Å². The lowest BCUT2D eigenvalue weighted by Crippen LogP contribution is -2.26. The van der Waals surface area contributed by atoms with E-state index >= 15 is 0 Å². The predicted octanol–water partition coefficient (Wildman–Crippen LogP) is 3.08. The van der Waals surface area contributed by atoms with Crippen molar-refractivity contribution < 1.29 is 18.1 Å². The van der Waals surface area contributed by atoms with Crippen LogP contribution in [-0.2, 0) is 10.0 Å². The summed E-state index contributed by atoms with van der Waals surface area (Å²) in [5.41, 5.74) is 0.00884. The first kappa shape index (κ1) is 17.0. The van der Waals surface area contributed by atoms with Gasteiger partial charge in [-0.2, -0.15) is 0 Å². The van der Waals surface area contributed by atoms with Crippen molar-refractivity contribution in [1.29, 1.82) is 0 Å². The molecular weight excluding hydrogens is 344 g/mol. The molecule has 0 aliphatic carbocycles. The van der Waals surface area contributed by atoms with E-state index < -0.39 is 14.9 Å². The van der Waals surface area contributed by atoms with Gasteiger partial charge in [-0.3, -0.25) is 14.4 Å². The van der Waals surface area contributed by atoms with Gasteiger partial charge >= 0.3 is 0 Å². The van der Waals surface area contributed by atoms with Gasteiger partial charge in [0.05, 0.1) is 27.6 Å². The van der Waals surface area contributed by atoms with Crippen molar-refractivity contribution in [3.05, 3.63) is 57.6 Å². The highest BCUT2D eigenvalue weighted by Crippen LogP contribution is 2.31. The van der Waals surface area contributed by atoms with E-state index in [1.54, 1.807) is 0 Å². The van der Waals surface area contributed by atoms with Gasteiger partial charge in [-0.25, -0.2) is 8.42 Å². The number of benzene rings is 2. The van der Waals surface area contributed by atoms with E-state index in [2.05, 4.69) is 0 Å². The minimum Gasteiger partial charge on any atom is -0.495 e. The van der Waals surface area contributed by atoms with Gasteiger partial charge in [-0.1, -0.05) is 17.7 Å². The Morgan fingerprint density at radius 1 is 1.22 bits per heavy atom. The summed E-state index contributed by atoms with van der Waals surface area (Å²) in [6.45, 7) is 0. The van der Waals surface area contributed by atoms with Crippen molar-refractivity contribution in [3.8, 4) is 5.75 Å². The maximum Gasteiger partial charge on any atom is 0.270 e. The molecule has 0 heterocycles. The maximum atomic E-state index is 12.6. The van der Waals surface area contributed by atoms with Gasteiger partial charge in [0, 0.05) is 19.2 Å². The lowest BCUT2D eigenvalue weighted by molar-refractivity contribution is -0.385. The summed E-state index contributed by atoms with van der Waals surface area (Å²) in [6.07, 6.45) is 0. The van der Waals surface area contributed by atoms with Crippen LogP contribution in [0.5, 0.6) is 5.75 Å². The van der Waals surface area contributed by atoms with Gasteiger partial charge in [0.15, 0.2) is 0 Å². The van der Waals surface area contributed by atoms with E-state index in [1.807, 2.05) is 0 Å². The molecule has 2 rings (SSSR count). The van der Waals surface area contributed by atoms with Crippen molar-refractivity contribution in [3.63, 3.8) is 0 Å². The maximum absolute atomic E-state index is 12.6. The van der Waals surface area contributed by atoms with Gasteiger partial charge in [0.25, 0.3) is 15.7 Å². The second kappa shape index (κ2) is 6.43. The number of halogens is 1. The first-order valence-electron chi connectivity index (χ1n) is 6.34. The van der Waals surface area contributed by atoms with E-state index in [0.717, 1.165) is 10.4 Å². The molecule has 0 unspecified atom stereocenters. The molecule has 0 aromatic heterocycles. The normalized spacial score (nSPS) is 11.1. The van der Waals surface area contributed by atoms with Crippen molar-refractivity contribution in [1.82, 2.24) is 0 Å². The Morgan fingerprint density at radius 3 is 2.48 bits per heavy atom. The van der Waals surface area contributed by atoms with E-state index in [4.69, 9.17) is 16.3 Å². The Labute approximate surface area is 138 Å². The van der Waals surface area contributed by atoms with Gasteiger partial charge in [0.1, 0.15) is 5.75 Å². The number of nitro benzene ring substituents is 1. The van der Waals surface area contributed by atoms with Crippen LogP contribution in [0.4, 0.5) is 11.4 Å². The Balaban J connectivity index is 2.44. The molecule has 9 heteroatoms. The lowest BCUT2D eigenvalue weighted by Gasteiger charge is -2.20. The molecule has 0 atom stereocenters. The topological polar surface area (TPSA) is 89.8 Å². The SMILES string of the molecule is COc1ccc(N(C)S(=O)(=O)c2cccc([N+](=O)[O-])c2)cc1Cl. The highest BCUT2D eigenvalue weighted by atomic mass is 35.5. The van der Waals surface area contributed by atoms with Gasteiger partial charge < -0.3 is 4.74 Å². The predicted molar refractivity (Wildman–Crippen MR) is 86.7 cm³/mol. The minimum absolute atomic E-state index is 0.179. The molecule has 122 valence electrons. The first-order chi connectivity index (χ1) is 10.8. The summed E-state index contributed by atoms with van der Waals surface area (Å²) in [5.74, 6) is 0.413. The van der Waals surface area contributed by atoms with Crippen molar-refractivity contribution in [2.45, 2.75) is 4.90 Å². The molecule has 0 N–H and O–H groups in total.